The van der Waals surface area contributed by atoms with E-state index in [0.29, 0.717) is 17.6 Å². The van der Waals surface area contributed by atoms with E-state index in [2.05, 4.69) is 14.9 Å². The standard InChI is InChI=1S/C11H19N3O3S/c1-9-13-11(17-14-9)7-12-18(15,16)8-10-5-3-2-4-6-10/h10,12H,2-8H2,1H3. The smallest absolute Gasteiger partial charge is 0.241 e. The van der Waals surface area contributed by atoms with E-state index in [-0.39, 0.29) is 12.3 Å². The van der Waals surface area contributed by atoms with Gasteiger partial charge in [0.15, 0.2) is 5.82 Å². The maximum atomic E-state index is 11.9. The molecule has 0 aromatic carbocycles. The fourth-order valence-electron chi connectivity index (χ4n) is 2.31. The van der Waals surface area contributed by atoms with Crippen molar-refractivity contribution in [2.45, 2.75) is 45.6 Å². The molecule has 1 saturated carbocycles. The zero-order valence-corrected chi connectivity index (χ0v) is 11.4. The van der Waals surface area contributed by atoms with Crippen molar-refractivity contribution < 1.29 is 12.9 Å². The van der Waals surface area contributed by atoms with Crippen LogP contribution in [-0.4, -0.2) is 24.3 Å². The number of aryl methyl sites for hydroxylation is 1. The Morgan fingerprint density at radius 1 is 1.33 bits per heavy atom. The molecule has 1 aromatic rings. The number of nitrogens with zero attached hydrogens (tertiary/aromatic N) is 2. The molecule has 1 aliphatic rings. The van der Waals surface area contributed by atoms with Crippen LogP contribution >= 0.6 is 0 Å². The average Bonchev–Trinajstić information content (AvgIpc) is 2.74. The van der Waals surface area contributed by atoms with Crippen molar-refractivity contribution in [2.24, 2.45) is 5.92 Å². The lowest BCUT2D eigenvalue weighted by Crippen LogP contribution is -2.30. The van der Waals surface area contributed by atoms with Crippen LogP contribution in [0.1, 0.15) is 43.8 Å². The van der Waals surface area contributed by atoms with Crippen molar-refractivity contribution in [2.75, 3.05) is 5.75 Å². The molecule has 0 unspecified atom stereocenters. The van der Waals surface area contributed by atoms with E-state index in [1.165, 1.54) is 6.42 Å². The van der Waals surface area contributed by atoms with Gasteiger partial charge in [0.25, 0.3) is 0 Å². The highest BCUT2D eigenvalue weighted by Gasteiger charge is 2.21. The molecule has 0 amide bonds. The van der Waals surface area contributed by atoms with Gasteiger partial charge in [0.1, 0.15) is 0 Å². The predicted octanol–water partition coefficient (Wildman–Crippen LogP) is 1.38. The van der Waals surface area contributed by atoms with Crippen molar-refractivity contribution >= 4 is 10.0 Å². The molecule has 0 atom stereocenters. The lowest BCUT2D eigenvalue weighted by Gasteiger charge is -2.21. The number of hydrogen-bond acceptors (Lipinski definition) is 5. The summed E-state index contributed by atoms with van der Waals surface area (Å²) in [5.41, 5.74) is 0. The van der Waals surface area contributed by atoms with Crippen LogP contribution in [0.25, 0.3) is 0 Å². The molecule has 7 heteroatoms. The van der Waals surface area contributed by atoms with Gasteiger partial charge in [0.05, 0.1) is 12.3 Å². The van der Waals surface area contributed by atoms with Gasteiger partial charge in [-0.2, -0.15) is 4.98 Å². The minimum atomic E-state index is -3.25. The Bertz CT molecular complexity index is 477. The first-order valence-corrected chi connectivity index (χ1v) is 7.97. The first kappa shape index (κ1) is 13.5. The van der Waals surface area contributed by atoms with E-state index >= 15 is 0 Å². The van der Waals surface area contributed by atoms with Gasteiger partial charge < -0.3 is 4.52 Å². The summed E-state index contributed by atoms with van der Waals surface area (Å²) in [5.74, 6) is 1.32. The topological polar surface area (TPSA) is 85.1 Å². The lowest BCUT2D eigenvalue weighted by atomic mass is 9.91. The van der Waals surface area contributed by atoms with Crippen molar-refractivity contribution in [1.82, 2.24) is 14.9 Å². The second-order valence-corrected chi connectivity index (χ2v) is 6.69. The number of aromatic nitrogens is 2. The number of rotatable bonds is 5. The Labute approximate surface area is 107 Å². The summed E-state index contributed by atoms with van der Waals surface area (Å²) in [4.78, 5) is 3.96. The molecule has 0 saturated heterocycles. The second-order valence-electron chi connectivity index (χ2n) is 4.84. The van der Waals surface area contributed by atoms with Gasteiger partial charge in [0, 0.05) is 0 Å². The van der Waals surface area contributed by atoms with Crippen molar-refractivity contribution in [3.05, 3.63) is 11.7 Å². The molecular weight excluding hydrogens is 254 g/mol. The molecule has 0 radical (unpaired) electrons. The molecule has 1 heterocycles. The molecule has 1 aromatic heterocycles. The SMILES string of the molecule is Cc1noc(CNS(=O)(=O)CC2CCCCC2)n1. The zero-order valence-electron chi connectivity index (χ0n) is 10.6. The van der Waals surface area contributed by atoms with Gasteiger partial charge in [-0.1, -0.05) is 24.4 Å². The maximum absolute atomic E-state index is 11.9. The molecular formula is C11H19N3O3S. The summed E-state index contributed by atoms with van der Waals surface area (Å²) in [6.45, 7) is 1.78. The third kappa shape index (κ3) is 4.06. The molecule has 0 bridgehead atoms. The van der Waals surface area contributed by atoms with E-state index < -0.39 is 10.0 Å². The van der Waals surface area contributed by atoms with Gasteiger partial charge in [-0.05, 0) is 25.7 Å². The number of sulfonamides is 1. The van der Waals surface area contributed by atoms with E-state index in [1.807, 2.05) is 0 Å². The largest absolute Gasteiger partial charge is 0.338 e. The highest BCUT2D eigenvalue weighted by atomic mass is 32.2. The first-order valence-electron chi connectivity index (χ1n) is 6.32. The Morgan fingerprint density at radius 2 is 2.06 bits per heavy atom. The van der Waals surface area contributed by atoms with Gasteiger partial charge >= 0.3 is 0 Å². The van der Waals surface area contributed by atoms with Gasteiger partial charge in [0.2, 0.25) is 15.9 Å². The second kappa shape index (κ2) is 5.79. The van der Waals surface area contributed by atoms with Crippen LogP contribution in [0, 0.1) is 12.8 Å². The summed E-state index contributed by atoms with van der Waals surface area (Å²) in [7, 11) is -3.25. The number of hydrogen-bond donors (Lipinski definition) is 1. The molecule has 6 nitrogen and oxygen atoms in total. The van der Waals surface area contributed by atoms with Crippen LogP contribution < -0.4 is 4.72 Å². The minimum absolute atomic E-state index is 0.0793. The summed E-state index contributed by atoms with van der Waals surface area (Å²) in [5, 5.41) is 3.61. The van der Waals surface area contributed by atoms with Crippen LogP contribution in [0.4, 0.5) is 0 Å². The third-order valence-corrected chi connectivity index (χ3v) is 4.69. The summed E-state index contributed by atoms with van der Waals surface area (Å²) < 4.78 is 31.1. The molecule has 0 spiro atoms. The van der Waals surface area contributed by atoms with Crippen LogP contribution in [0.3, 0.4) is 0 Å². The highest BCUT2D eigenvalue weighted by Crippen LogP contribution is 2.24. The third-order valence-electron chi connectivity index (χ3n) is 3.19. The normalized spacial score (nSPS) is 18.1. The Morgan fingerprint density at radius 3 is 2.67 bits per heavy atom. The van der Waals surface area contributed by atoms with Crippen LogP contribution in [0.15, 0.2) is 4.52 Å². The molecule has 1 fully saturated rings. The molecule has 18 heavy (non-hydrogen) atoms. The fourth-order valence-corrected chi connectivity index (χ4v) is 3.72. The Hall–Kier alpha value is -0.950. The van der Waals surface area contributed by atoms with E-state index in [4.69, 9.17) is 4.52 Å². The average molecular weight is 273 g/mol. The zero-order chi connectivity index (χ0) is 13.0. The van der Waals surface area contributed by atoms with Crippen LogP contribution in [-0.2, 0) is 16.6 Å². The van der Waals surface area contributed by atoms with E-state index in [0.717, 1.165) is 25.7 Å². The number of nitrogens with one attached hydrogen (secondary N) is 1. The Kier molecular flexibility index (Phi) is 4.34. The summed E-state index contributed by atoms with van der Waals surface area (Å²) in [6.07, 6.45) is 5.54. The maximum Gasteiger partial charge on any atom is 0.241 e. The van der Waals surface area contributed by atoms with Gasteiger partial charge in [-0.15, -0.1) is 0 Å². The lowest BCUT2D eigenvalue weighted by molar-refractivity contribution is 0.369. The Balaban J connectivity index is 1.83. The first-order chi connectivity index (χ1) is 8.55. The van der Waals surface area contributed by atoms with Crippen molar-refractivity contribution in [3.63, 3.8) is 0 Å². The highest BCUT2D eigenvalue weighted by molar-refractivity contribution is 7.89. The fraction of sp³-hybridized carbons (Fsp3) is 0.818. The molecule has 1 aliphatic carbocycles. The van der Waals surface area contributed by atoms with Crippen LogP contribution in [0.2, 0.25) is 0 Å². The molecule has 1 N–H and O–H groups in total. The monoisotopic (exact) mass is 273 g/mol. The predicted molar refractivity (Wildman–Crippen MR) is 66.2 cm³/mol. The van der Waals surface area contributed by atoms with Crippen molar-refractivity contribution in [1.29, 1.82) is 0 Å². The minimum Gasteiger partial charge on any atom is -0.338 e. The summed E-state index contributed by atoms with van der Waals surface area (Å²) >= 11 is 0. The molecule has 2 rings (SSSR count). The van der Waals surface area contributed by atoms with Gasteiger partial charge in [-0.3, -0.25) is 0 Å². The quantitative estimate of drug-likeness (QED) is 0.876. The van der Waals surface area contributed by atoms with Crippen LogP contribution in [0.5, 0.6) is 0 Å². The molecule has 102 valence electrons. The summed E-state index contributed by atoms with van der Waals surface area (Å²) in [6, 6.07) is 0. The molecule has 0 aliphatic heterocycles. The van der Waals surface area contributed by atoms with Gasteiger partial charge in [-0.25, -0.2) is 13.1 Å². The van der Waals surface area contributed by atoms with Crippen molar-refractivity contribution in [3.8, 4) is 0 Å². The van der Waals surface area contributed by atoms with E-state index in [9.17, 15) is 8.42 Å². The van der Waals surface area contributed by atoms with E-state index in [1.54, 1.807) is 6.92 Å².